The van der Waals surface area contributed by atoms with Gasteiger partial charge in [0.05, 0.1) is 30.7 Å². The van der Waals surface area contributed by atoms with Gasteiger partial charge >= 0.3 is 0 Å². The Labute approximate surface area is 140 Å². The van der Waals surface area contributed by atoms with Gasteiger partial charge in [-0.05, 0) is 31.2 Å². The molecule has 1 aromatic carbocycles. The van der Waals surface area contributed by atoms with Crippen LogP contribution in [0, 0.1) is 0 Å². The molecule has 0 radical (unpaired) electrons. The molecular formula is C17H21N5O2. The number of nitrogens with one attached hydrogen (secondary N) is 1. The van der Waals surface area contributed by atoms with Crippen molar-refractivity contribution in [2.45, 2.75) is 19.9 Å². The molecule has 126 valence electrons. The highest BCUT2D eigenvalue weighted by molar-refractivity contribution is 6.04. The maximum atomic E-state index is 12.3. The molecule has 0 saturated carbocycles. The van der Waals surface area contributed by atoms with Crippen molar-refractivity contribution in [3.05, 3.63) is 42.2 Å². The van der Waals surface area contributed by atoms with Crippen LogP contribution in [0.25, 0.3) is 0 Å². The zero-order valence-electron chi connectivity index (χ0n) is 13.9. The van der Waals surface area contributed by atoms with Gasteiger partial charge in [0.2, 0.25) is 0 Å². The minimum atomic E-state index is -0.158. The van der Waals surface area contributed by atoms with Crippen LogP contribution in [0.3, 0.4) is 0 Å². The zero-order chi connectivity index (χ0) is 16.9. The van der Waals surface area contributed by atoms with E-state index < -0.39 is 0 Å². The summed E-state index contributed by atoms with van der Waals surface area (Å²) in [7, 11) is 1.64. The fraction of sp³-hybridized carbons (Fsp3) is 0.353. The molecule has 1 aliphatic rings. The fourth-order valence-corrected chi connectivity index (χ4v) is 2.48. The van der Waals surface area contributed by atoms with Gasteiger partial charge in [0.1, 0.15) is 0 Å². The first-order chi connectivity index (χ1) is 11.7. The van der Waals surface area contributed by atoms with Crippen molar-refractivity contribution < 1.29 is 9.53 Å². The quantitative estimate of drug-likeness (QED) is 0.884. The molecule has 24 heavy (non-hydrogen) atoms. The van der Waals surface area contributed by atoms with Crippen molar-refractivity contribution in [2.24, 2.45) is 5.10 Å². The lowest BCUT2D eigenvalue weighted by molar-refractivity contribution is 0.102. The number of carbonyl (C=O) groups is 1. The summed E-state index contributed by atoms with van der Waals surface area (Å²) in [6.45, 7) is 4.14. The summed E-state index contributed by atoms with van der Waals surface area (Å²) in [5, 5.41) is 13.4. The monoisotopic (exact) mass is 327 g/mol. The van der Waals surface area contributed by atoms with Gasteiger partial charge in [0.25, 0.3) is 5.91 Å². The van der Waals surface area contributed by atoms with Crippen LogP contribution in [0.1, 0.15) is 23.7 Å². The number of aromatic nitrogens is 2. The molecule has 1 aliphatic heterocycles. The first kappa shape index (κ1) is 16.2. The van der Waals surface area contributed by atoms with E-state index in [1.54, 1.807) is 24.2 Å². The Kier molecular flexibility index (Phi) is 4.90. The Morgan fingerprint density at radius 2 is 2.12 bits per heavy atom. The second-order valence-electron chi connectivity index (χ2n) is 5.69. The Morgan fingerprint density at radius 3 is 2.79 bits per heavy atom. The second kappa shape index (κ2) is 7.27. The van der Waals surface area contributed by atoms with E-state index in [4.69, 9.17) is 4.74 Å². The van der Waals surface area contributed by atoms with E-state index in [1.807, 2.05) is 36.2 Å². The molecule has 0 spiro atoms. The average molecular weight is 327 g/mol. The predicted octanol–water partition coefficient (Wildman–Crippen LogP) is 2.37. The summed E-state index contributed by atoms with van der Waals surface area (Å²) in [5.74, 6) is -0.158. The Bertz CT molecular complexity index is 736. The molecule has 1 amide bonds. The number of amides is 1. The molecule has 0 fully saturated rings. The molecule has 7 nitrogen and oxygen atoms in total. The zero-order valence-corrected chi connectivity index (χ0v) is 13.9. The van der Waals surface area contributed by atoms with Crippen molar-refractivity contribution >= 4 is 23.0 Å². The van der Waals surface area contributed by atoms with E-state index in [2.05, 4.69) is 15.5 Å². The van der Waals surface area contributed by atoms with E-state index in [9.17, 15) is 4.79 Å². The molecule has 7 heteroatoms. The summed E-state index contributed by atoms with van der Waals surface area (Å²) in [6.07, 6.45) is 4.39. The summed E-state index contributed by atoms with van der Waals surface area (Å²) in [5.41, 5.74) is 3.39. The summed E-state index contributed by atoms with van der Waals surface area (Å²) in [4.78, 5) is 12.3. The average Bonchev–Trinajstić information content (AvgIpc) is 3.22. The third-order valence-corrected chi connectivity index (χ3v) is 3.82. The third kappa shape index (κ3) is 3.80. The van der Waals surface area contributed by atoms with Crippen LogP contribution in [0.2, 0.25) is 0 Å². The first-order valence-electron chi connectivity index (χ1n) is 7.90. The molecule has 0 bridgehead atoms. The van der Waals surface area contributed by atoms with Crippen molar-refractivity contribution in [3.8, 4) is 0 Å². The van der Waals surface area contributed by atoms with Crippen LogP contribution >= 0.6 is 0 Å². The largest absolute Gasteiger partial charge is 0.383 e. The topological polar surface area (TPSA) is 71.8 Å². The number of ether oxygens (including phenoxy) is 1. The lowest BCUT2D eigenvalue weighted by Crippen LogP contribution is -2.14. The number of hydrazone groups is 1. The van der Waals surface area contributed by atoms with Gasteiger partial charge in [-0.3, -0.25) is 14.5 Å². The Hall–Kier alpha value is -2.67. The lowest BCUT2D eigenvalue weighted by Gasteiger charge is -2.13. The van der Waals surface area contributed by atoms with Gasteiger partial charge in [0, 0.05) is 37.5 Å². The molecule has 0 aliphatic carbocycles. The van der Waals surface area contributed by atoms with Crippen molar-refractivity contribution in [3.63, 3.8) is 0 Å². The van der Waals surface area contributed by atoms with E-state index in [1.165, 1.54) is 0 Å². The maximum Gasteiger partial charge on any atom is 0.255 e. The third-order valence-electron chi connectivity index (χ3n) is 3.82. The Balaban J connectivity index is 1.61. The van der Waals surface area contributed by atoms with Gasteiger partial charge in [-0.1, -0.05) is 0 Å². The summed E-state index contributed by atoms with van der Waals surface area (Å²) < 4.78 is 6.74. The highest BCUT2D eigenvalue weighted by Crippen LogP contribution is 2.20. The fourth-order valence-electron chi connectivity index (χ4n) is 2.48. The minimum absolute atomic E-state index is 0.158. The van der Waals surface area contributed by atoms with Crippen molar-refractivity contribution in [1.29, 1.82) is 0 Å². The molecule has 2 heterocycles. The molecule has 0 saturated heterocycles. The summed E-state index contributed by atoms with van der Waals surface area (Å²) >= 11 is 0. The van der Waals surface area contributed by atoms with Gasteiger partial charge in [-0.15, -0.1) is 0 Å². The summed E-state index contributed by atoms with van der Waals surface area (Å²) in [6, 6.07) is 7.45. The smallest absolute Gasteiger partial charge is 0.255 e. The van der Waals surface area contributed by atoms with Crippen LogP contribution in [0.5, 0.6) is 0 Å². The molecule has 0 atom stereocenters. The minimum Gasteiger partial charge on any atom is -0.383 e. The standard InChI is InChI=1S/C17H21N5O2/c1-13-7-8-22(20-13)16-5-3-14(4-6-16)17(23)19-15-11-18-21(12-15)9-10-24-2/h3-6,11-12H,7-10H2,1-2H3,(H,19,23). The normalized spacial score (nSPS) is 13.9. The van der Waals surface area contributed by atoms with Gasteiger partial charge in [-0.2, -0.15) is 10.2 Å². The number of hydrogen-bond acceptors (Lipinski definition) is 5. The van der Waals surface area contributed by atoms with E-state index in [0.29, 0.717) is 24.4 Å². The number of methoxy groups -OCH3 is 1. The van der Waals surface area contributed by atoms with Crippen LogP contribution in [-0.2, 0) is 11.3 Å². The Morgan fingerprint density at radius 1 is 1.33 bits per heavy atom. The molecule has 2 aromatic rings. The lowest BCUT2D eigenvalue weighted by atomic mass is 10.2. The molecule has 0 unspecified atom stereocenters. The molecular weight excluding hydrogens is 306 g/mol. The van der Waals surface area contributed by atoms with Gasteiger partial charge in [0.15, 0.2) is 0 Å². The van der Waals surface area contributed by atoms with E-state index in [-0.39, 0.29) is 5.91 Å². The number of nitrogens with zero attached hydrogens (tertiary/aromatic N) is 4. The number of carbonyl (C=O) groups excluding carboxylic acids is 1. The number of anilines is 2. The second-order valence-corrected chi connectivity index (χ2v) is 5.69. The van der Waals surface area contributed by atoms with E-state index >= 15 is 0 Å². The van der Waals surface area contributed by atoms with Crippen molar-refractivity contribution in [1.82, 2.24) is 9.78 Å². The first-order valence-corrected chi connectivity index (χ1v) is 7.90. The van der Waals surface area contributed by atoms with Crippen LogP contribution < -0.4 is 10.3 Å². The van der Waals surface area contributed by atoms with Gasteiger partial charge < -0.3 is 10.1 Å². The van der Waals surface area contributed by atoms with Gasteiger partial charge in [-0.25, -0.2) is 0 Å². The molecule has 3 rings (SSSR count). The maximum absolute atomic E-state index is 12.3. The van der Waals surface area contributed by atoms with Crippen molar-refractivity contribution in [2.75, 3.05) is 30.6 Å². The number of benzene rings is 1. The van der Waals surface area contributed by atoms with Crippen LogP contribution in [0.4, 0.5) is 11.4 Å². The molecule has 1 N–H and O–H groups in total. The van der Waals surface area contributed by atoms with E-state index in [0.717, 1.165) is 24.4 Å². The number of hydrogen-bond donors (Lipinski definition) is 1. The van der Waals surface area contributed by atoms with Crippen LogP contribution in [-0.4, -0.2) is 41.7 Å². The van der Waals surface area contributed by atoms with Crippen LogP contribution in [0.15, 0.2) is 41.8 Å². The predicted molar refractivity (Wildman–Crippen MR) is 93.6 cm³/mol. The molecule has 1 aromatic heterocycles. The highest BCUT2D eigenvalue weighted by Gasteiger charge is 2.14. The highest BCUT2D eigenvalue weighted by atomic mass is 16.5. The SMILES string of the molecule is COCCn1cc(NC(=O)c2ccc(N3CCC(C)=N3)cc2)cn1. The number of rotatable bonds is 6.